The van der Waals surface area contributed by atoms with Gasteiger partial charge in [0.1, 0.15) is 0 Å². The van der Waals surface area contributed by atoms with E-state index in [1.807, 2.05) is 0 Å². The van der Waals surface area contributed by atoms with Crippen molar-refractivity contribution in [1.82, 2.24) is 0 Å². The van der Waals surface area contributed by atoms with Gasteiger partial charge >= 0.3 is 0 Å². The van der Waals surface area contributed by atoms with E-state index in [9.17, 15) is 0 Å². The number of halogens is 4. The maximum absolute atomic E-state index is 7.10. The third kappa shape index (κ3) is 0.965. The van der Waals surface area contributed by atoms with Gasteiger partial charge in [-0.3, -0.25) is 0 Å². The van der Waals surface area contributed by atoms with E-state index in [-0.39, 0.29) is 15.7 Å². The molecule has 0 aromatic carbocycles. The molecule has 102 valence electrons. The van der Waals surface area contributed by atoms with Crippen LogP contribution in [0.4, 0.5) is 0 Å². The summed E-state index contributed by atoms with van der Waals surface area (Å²) in [7, 11) is 0. The minimum atomic E-state index is -1.18. The minimum Gasteiger partial charge on any atom is -0.118 e. The van der Waals surface area contributed by atoms with Gasteiger partial charge in [0.25, 0.3) is 0 Å². The highest BCUT2D eigenvalue weighted by molar-refractivity contribution is 6.68. The molecule has 0 unspecified atom stereocenters. The van der Waals surface area contributed by atoms with Gasteiger partial charge in [-0.25, -0.2) is 0 Å². The van der Waals surface area contributed by atoms with Crippen LogP contribution in [-0.2, 0) is 0 Å². The average Bonchev–Trinajstić information content (AvgIpc) is 2.22. The topological polar surface area (TPSA) is 0 Å². The van der Waals surface area contributed by atoms with E-state index in [4.69, 9.17) is 46.4 Å². The third-order valence-electron chi connectivity index (χ3n) is 7.13. The van der Waals surface area contributed by atoms with Crippen LogP contribution in [0.1, 0.15) is 39.5 Å². The molecular weight excluding hydrogens is 310 g/mol. The molecule has 0 aromatic rings. The standard InChI is InChI=1S/C14H18Cl4/c1-11(2)12(14(16,17)18)8-3-7-4-9(6-8)13(11,15)10(12)5-7/h7-10H,3-6H2,1-2H3/t7-,8+,9-,10+,12+,13-/m1/s1. The molecule has 0 spiro atoms. The Morgan fingerprint density at radius 1 is 0.944 bits per heavy atom. The molecule has 0 heterocycles. The summed E-state index contributed by atoms with van der Waals surface area (Å²) in [6, 6.07) is 0. The first-order chi connectivity index (χ1) is 8.17. The Hall–Kier alpha value is 1.16. The van der Waals surface area contributed by atoms with E-state index in [0.717, 1.165) is 5.92 Å². The molecular formula is C14H18Cl4. The van der Waals surface area contributed by atoms with E-state index in [2.05, 4.69) is 13.8 Å². The maximum Gasteiger partial charge on any atom is 0.197 e. The molecule has 0 N–H and O–H groups in total. The lowest BCUT2D eigenvalue weighted by Crippen LogP contribution is -2.86. The fraction of sp³-hybridized carbons (Fsp3) is 1.00. The van der Waals surface area contributed by atoms with Crippen LogP contribution >= 0.6 is 46.4 Å². The van der Waals surface area contributed by atoms with Gasteiger partial charge in [-0.2, -0.15) is 0 Å². The largest absolute Gasteiger partial charge is 0.197 e. The summed E-state index contributed by atoms with van der Waals surface area (Å²) >= 11 is 26.5. The summed E-state index contributed by atoms with van der Waals surface area (Å²) in [6.45, 7) is 4.48. The molecule has 0 amide bonds. The fourth-order valence-electron chi connectivity index (χ4n) is 6.85. The zero-order valence-corrected chi connectivity index (χ0v) is 13.7. The van der Waals surface area contributed by atoms with Gasteiger partial charge in [-0.15, -0.1) is 11.6 Å². The SMILES string of the molecule is CC1(C)[C@@]2(Cl)[C@@H]3C[C@H]4C[C@@H](C3)[C@]1(C(Cl)(Cl)Cl)[C@@H]2C4. The predicted octanol–water partition coefficient (Wildman–Crippen LogP) is 5.43. The average molecular weight is 328 g/mol. The van der Waals surface area contributed by atoms with Crippen LogP contribution in [-0.4, -0.2) is 8.67 Å². The number of hydrogen-bond donors (Lipinski definition) is 0. The van der Waals surface area contributed by atoms with Crippen molar-refractivity contribution in [2.24, 2.45) is 34.5 Å². The van der Waals surface area contributed by atoms with Crippen molar-refractivity contribution in [3.63, 3.8) is 0 Å². The lowest BCUT2D eigenvalue weighted by atomic mass is 9.23. The molecule has 4 heteroatoms. The summed E-state index contributed by atoms with van der Waals surface area (Å²) in [4.78, 5) is -0.121. The molecule has 6 atom stereocenters. The van der Waals surface area contributed by atoms with Crippen LogP contribution in [0.3, 0.4) is 0 Å². The highest BCUT2D eigenvalue weighted by Gasteiger charge is 2.88. The van der Waals surface area contributed by atoms with Crippen LogP contribution < -0.4 is 0 Å². The first-order valence-corrected chi connectivity index (χ1v) is 8.44. The van der Waals surface area contributed by atoms with Crippen molar-refractivity contribution in [3.8, 4) is 0 Å². The summed E-state index contributed by atoms with van der Waals surface area (Å²) in [6.07, 6.45) is 4.90. The first kappa shape index (κ1) is 12.9. The number of hydrogen-bond acceptors (Lipinski definition) is 0. The van der Waals surface area contributed by atoms with Crippen LogP contribution in [0.15, 0.2) is 0 Å². The lowest BCUT2D eigenvalue weighted by molar-refractivity contribution is -0.312. The van der Waals surface area contributed by atoms with Crippen molar-refractivity contribution in [2.75, 3.05) is 0 Å². The Balaban J connectivity index is 1.94. The van der Waals surface area contributed by atoms with E-state index >= 15 is 0 Å². The van der Waals surface area contributed by atoms with E-state index < -0.39 is 3.79 Å². The fourth-order valence-corrected chi connectivity index (χ4v) is 9.01. The lowest BCUT2D eigenvalue weighted by Gasteiger charge is -2.85. The molecule has 6 fully saturated rings. The summed E-state index contributed by atoms with van der Waals surface area (Å²) in [5, 5.41) is 0. The number of rotatable bonds is 0. The van der Waals surface area contributed by atoms with Gasteiger partial charge in [0, 0.05) is 5.41 Å². The molecule has 0 radical (unpaired) electrons. The number of alkyl halides is 4. The van der Waals surface area contributed by atoms with Crippen molar-refractivity contribution in [1.29, 1.82) is 0 Å². The Bertz CT molecular complexity index is 426. The van der Waals surface area contributed by atoms with Crippen LogP contribution in [0.25, 0.3) is 0 Å². The van der Waals surface area contributed by atoms with Gasteiger partial charge < -0.3 is 0 Å². The molecule has 6 bridgehead atoms. The van der Waals surface area contributed by atoms with Gasteiger partial charge in [-0.1, -0.05) is 48.7 Å². The zero-order chi connectivity index (χ0) is 13.1. The van der Waals surface area contributed by atoms with Gasteiger partial charge in [-0.05, 0) is 54.8 Å². The Morgan fingerprint density at radius 2 is 1.56 bits per heavy atom. The molecule has 6 rings (SSSR count). The summed E-state index contributed by atoms with van der Waals surface area (Å²) in [5.41, 5.74) is -0.268. The Morgan fingerprint density at radius 3 is 2.17 bits per heavy atom. The van der Waals surface area contributed by atoms with Crippen LogP contribution in [0.5, 0.6) is 0 Å². The van der Waals surface area contributed by atoms with Crippen LogP contribution in [0, 0.1) is 34.5 Å². The molecule has 18 heavy (non-hydrogen) atoms. The highest BCUT2D eigenvalue weighted by Crippen LogP contribution is 2.89. The third-order valence-corrected chi connectivity index (χ3v) is 9.11. The summed E-state index contributed by atoms with van der Waals surface area (Å²) < 4.78 is -1.18. The second-order valence-electron chi connectivity index (χ2n) is 7.52. The van der Waals surface area contributed by atoms with E-state index in [0.29, 0.717) is 17.8 Å². The van der Waals surface area contributed by atoms with Gasteiger partial charge in [0.05, 0.1) is 4.87 Å². The minimum absolute atomic E-state index is 0.0730. The second kappa shape index (κ2) is 3.16. The van der Waals surface area contributed by atoms with Crippen LogP contribution in [0.2, 0.25) is 0 Å². The normalized spacial score (nSPS) is 59.7. The van der Waals surface area contributed by atoms with Crippen molar-refractivity contribution >= 4 is 46.4 Å². The maximum atomic E-state index is 7.10. The molecule has 6 aliphatic rings. The molecule has 0 aliphatic heterocycles. The quantitative estimate of drug-likeness (QED) is 0.521. The molecule has 6 aliphatic carbocycles. The monoisotopic (exact) mass is 326 g/mol. The highest BCUT2D eigenvalue weighted by atomic mass is 35.6. The van der Waals surface area contributed by atoms with Crippen molar-refractivity contribution < 1.29 is 0 Å². The first-order valence-electron chi connectivity index (χ1n) is 6.93. The smallest absolute Gasteiger partial charge is 0.118 e. The van der Waals surface area contributed by atoms with Gasteiger partial charge in [0.2, 0.25) is 0 Å². The zero-order valence-electron chi connectivity index (χ0n) is 10.6. The predicted molar refractivity (Wildman–Crippen MR) is 77.5 cm³/mol. The summed E-state index contributed by atoms with van der Waals surface area (Å²) in [5.74, 6) is 2.45. The molecule has 0 saturated heterocycles. The molecule has 0 nitrogen and oxygen atoms in total. The molecule has 0 aromatic heterocycles. The Kier molecular flexibility index (Phi) is 2.26. The van der Waals surface area contributed by atoms with E-state index in [1.54, 1.807) is 0 Å². The molecule has 6 saturated carbocycles. The van der Waals surface area contributed by atoms with Crippen molar-refractivity contribution in [2.45, 2.75) is 48.2 Å². The van der Waals surface area contributed by atoms with E-state index in [1.165, 1.54) is 25.7 Å². The van der Waals surface area contributed by atoms with Crippen molar-refractivity contribution in [3.05, 3.63) is 0 Å². The Labute approximate surface area is 129 Å². The second-order valence-corrected chi connectivity index (χ2v) is 10.4. The van der Waals surface area contributed by atoms with Gasteiger partial charge in [0.15, 0.2) is 3.79 Å².